The zero-order valence-corrected chi connectivity index (χ0v) is 15.7. The normalized spacial score (nSPS) is 20.7. The fourth-order valence-electron chi connectivity index (χ4n) is 3.29. The van der Waals surface area contributed by atoms with Gasteiger partial charge in [-0.15, -0.1) is 0 Å². The summed E-state index contributed by atoms with van der Waals surface area (Å²) in [6, 6.07) is 4.07. The van der Waals surface area contributed by atoms with E-state index in [1.54, 1.807) is 7.11 Å². The first-order valence-corrected chi connectivity index (χ1v) is 9.23. The van der Waals surface area contributed by atoms with Gasteiger partial charge >= 0.3 is 0 Å². The Morgan fingerprint density at radius 1 is 1.46 bits per heavy atom. The van der Waals surface area contributed by atoms with Crippen molar-refractivity contribution in [2.24, 2.45) is 11.8 Å². The average molecular weight is 347 g/mol. The largest absolute Gasteiger partial charge is 0.380 e. The molecule has 130 valence electrons. The van der Waals surface area contributed by atoms with Crippen LogP contribution in [0.15, 0.2) is 11.1 Å². The molecule has 0 bridgehead atoms. The molecule has 1 aliphatic heterocycles. The number of rotatable bonds is 5. The summed E-state index contributed by atoms with van der Waals surface area (Å²) >= 11 is 1.35. The maximum Gasteiger partial charge on any atom is 0.233 e. The van der Waals surface area contributed by atoms with Crippen LogP contribution < -0.4 is 0 Å². The van der Waals surface area contributed by atoms with Crippen molar-refractivity contribution in [3.63, 3.8) is 0 Å². The molecule has 0 spiro atoms. The molecule has 1 aromatic rings. The maximum absolute atomic E-state index is 12.5. The average Bonchev–Trinajstić information content (AvgIpc) is 2.51. The van der Waals surface area contributed by atoms with Crippen molar-refractivity contribution in [1.82, 2.24) is 9.88 Å². The van der Waals surface area contributed by atoms with Crippen molar-refractivity contribution in [2.45, 2.75) is 38.8 Å². The number of pyridine rings is 1. The third-order valence-electron chi connectivity index (χ3n) is 4.16. The number of carbonyl (C=O) groups is 1. The summed E-state index contributed by atoms with van der Waals surface area (Å²) in [5.41, 5.74) is 2.17. The van der Waals surface area contributed by atoms with Gasteiger partial charge in [-0.05, 0) is 36.8 Å². The summed E-state index contributed by atoms with van der Waals surface area (Å²) < 4.78 is 5.16. The minimum atomic E-state index is 0.124. The van der Waals surface area contributed by atoms with Crippen molar-refractivity contribution in [3.05, 3.63) is 22.9 Å². The van der Waals surface area contributed by atoms with Crippen molar-refractivity contribution in [1.29, 1.82) is 5.26 Å². The van der Waals surface area contributed by atoms with Crippen LogP contribution in [-0.2, 0) is 16.1 Å². The molecule has 2 heterocycles. The summed E-state index contributed by atoms with van der Waals surface area (Å²) in [7, 11) is 1.60. The number of carbonyl (C=O) groups excluding carboxylic acids is 1. The molecule has 0 saturated carbocycles. The van der Waals surface area contributed by atoms with Crippen LogP contribution in [0, 0.1) is 30.1 Å². The molecular weight excluding hydrogens is 322 g/mol. The van der Waals surface area contributed by atoms with E-state index in [1.807, 2.05) is 17.9 Å². The smallest absolute Gasteiger partial charge is 0.233 e. The van der Waals surface area contributed by atoms with Gasteiger partial charge in [0.05, 0.1) is 17.9 Å². The maximum atomic E-state index is 12.5. The molecule has 1 saturated heterocycles. The molecule has 0 aliphatic carbocycles. The molecule has 24 heavy (non-hydrogen) atoms. The molecule has 2 unspecified atom stereocenters. The number of piperidine rings is 1. The fraction of sp³-hybridized carbons (Fsp3) is 0.611. The van der Waals surface area contributed by atoms with Crippen molar-refractivity contribution in [2.75, 3.05) is 26.0 Å². The zero-order chi connectivity index (χ0) is 17.7. The second-order valence-electron chi connectivity index (χ2n) is 6.68. The number of hydrogen-bond donors (Lipinski definition) is 0. The van der Waals surface area contributed by atoms with Gasteiger partial charge in [0.1, 0.15) is 11.1 Å². The van der Waals surface area contributed by atoms with Crippen molar-refractivity contribution < 1.29 is 9.53 Å². The second-order valence-corrected chi connectivity index (χ2v) is 7.65. The SMILES string of the molecule is COCc1cc(C)nc(SCC(=O)N2CC(C)CC(C)C2)c1C#N. The van der Waals surface area contributed by atoms with E-state index in [9.17, 15) is 10.1 Å². The quantitative estimate of drug-likeness (QED) is 0.766. The van der Waals surface area contributed by atoms with Crippen molar-refractivity contribution in [3.8, 4) is 6.07 Å². The van der Waals surface area contributed by atoms with Crippen molar-refractivity contribution >= 4 is 17.7 Å². The number of nitriles is 1. The predicted octanol–water partition coefficient (Wildman–Crippen LogP) is 3.00. The highest BCUT2D eigenvalue weighted by Crippen LogP contribution is 2.26. The number of amides is 1. The van der Waals surface area contributed by atoms with Gasteiger partial charge in [-0.3, -0.25) is 4.79 Å². The molecule has 0 radical (unpaired) electrons. The number of hydrogen-bond acceptors (Lipinski definition) is 5. The predicted molar refractivity (Wildman–Crippen MR) is 94.7 cm³/mol. The number of aryl methyl sites for hydroxylation is 1. The van der Waals surface area contributed by atoms with Gasteiger partial charge in [0.25, 0.3) is 0 Å². The lowest BCUT2D eigenvalue weighted by Gasteiger charge is -2.35. The van der Waals surface area contributed by atoms with Crippen LogP contribution in [0.1, 0.15) is 37.1 Å². The van der Waals surface area contributed by atoms with E-state index in [0.717, 1.165) is 24.3 Å². The topological polar surface area (TPSA) is 66.2 Å². The van der Waals surface area contributed by atoms with Crippen LogP contribution in [0.3, 0.4) is 0 Å². The Bertz CT molecular complexity index is 632. The Balaban J connectivity index is 2.08. The first kappa shape index (κ1) is 18.8. The lowest BCUT2D eigenvalue weighted by Crippen LogP contribution is -2.43. The zero-order valence-electron chi connectivity index (χ0n) is 14.8. The Morgan fingerprint density at radius 3 is 2.71 bits per heavy atom. The van der Waals surface area contributed by atoms with Crippen LogP contribution in [-0.4, -0.2) is 41.7 Å². The van der Waals surface area contributed by atoms with E-state index in [0.29, 0.717) is 34.8 Å². The molecule has 1 amide bonds. The van der Waals surface area contributed by atoms with Crippen LogP contribution >= 0.6 is 11.8 Å². The first-order chi connectivity index (χ1) is 11.4. The molecule has 2 rings (SSSR count). The molecule has 1 aliphatic rings. The summed E-state index contributed by atoms with van der Waals surface area (Å²) in [6.07, 6.45) is 1.18. The number of methoxy groups -OCH3 is 1. The number of ether oxygens (including phenoxy) is 1. The number of thioether (sulfide) groups is 1. The summed E-state index contributed by atoms with van der Waals surface area (Å²) in [4.78, 5) is 18.9. The number of nitrogens with zero attached hydrogens (tertiary/aromatic N) is 3. The summed E-state index contributed by atoms with van der Waals surface area (Å²) in [5, 5.41) is 10.1. The molecule has 1 aromatic heterocycles. The monoisotopic (exact) mass is 347 g/mol. The summed E-state index contributed by atoms with van der Waals surface area (Å²) in [5.74, 6) is 1.53. The highest BCUT2D eigenvalue weighted by molar-refractivity contribution is 8.00. The molecular formula is C18H25N3O2S. The van der Waals surface area contributed by atoms with Gasteiger partial charge in [0, 0.05) is 25.9 Å². The Labute approximate surface area is 148 Å². The minimum absolute atomic E-state index is 0.124. The van der Waals surface area contributed by atoms with Gasteiger partial charge < -0.3 is 9.64 Å². The number of aromatic nitrogens is 1. The third-order valence-corrected chi connectivity index (χ3v) is 5.12. The van der Waals surface area contributed by atoms with Gasteiger partial charge in [-0.2, -0.15) is 5.26 Å². The van der Waals surface area contributed by atoms with Gasteiger partial charge in [0.15, 0.2) is 0 Å². The van der Waals surface area contributed by atoms with Gasteiger partial charge in [0.2, 0.25) is 5.91 Å². The molecule has 5 nitrogen and oxygen atoms in total. The van der Waals surface area contributed by atoms with Crippen LogP contribution in [0.5, 0.6) is 0 Å². The second kappa shape index (κ2) is 8.50. The Morgan fingerprint density at radius 2 is 2.12 bits per heavy atom. The van der Waals surface area contributed by atoms with Crippen LogP contribution in [0.4, 0.5) is 0 Å². The van der Waals surface area contributed by atoms with Gasteiger partial charge in [-0.1, -0.05) is 25.6 Å². The highest BCUT2D eigenvalue weighted by atomic mass is 32.2. The Kier molecular flexibility index (Phi) is 6.64. The van der Waals surface area contributed by atoms with Crippen LogP contribution in [0.25, 0.3) is 0 Å². The van der Waals surface area contributed by atoms with Gasteiger partial charge in [-0.25, -0.2) is 4.98 Å². The third kappa shape index (κ3) is 4.71. The Hall–Kier alpha value is -1.58. The molecule has 0 aromatic carbocycles. The van der Waals surface area contributed by atoms with E-state index >= 15 is 0 Å². The van der Waals surface area contributed by atoms with E-state index in [-0.39, 0.29) is 5.91 Å². The van der Waals surface area contributed by atoms with E-state index in [4.69, 9.17) is 4.74 Å². The molecule has 1 fully saturated rings. The molecule has 2 atom stereocenters. The van der Waals surface area contributed by atoms with E-state index in [1.165, 1.54) is 18.2 Å². The minimum Gasteiger partial charge on any atom is -0.380 e. The molecule has 0 N–H and O–H groups in total. The van der Waals surface area contributed by atoms with Crippen LogP contribution in [0.2, 0.25) is 0 Å². The summed E-state index contributed by atoms with van der Waals surface area (Å²) in [6.45, 7) is 8.29. The standard InChI is InChI=1S/C18H25N3O2S/c1-12-5-13(2)9-21(8-12)17(22)11-24-18-16(7-19)15(10-23-4)6-14(3)20-18/h6,12-13H,5,8-11H2,1-4H3. The van der Waals surface area contributed by atoms with E-state index < -0.39 is 0 Å². The number of likely N-dealkylation sites (tertiary alicyclic amines) is 1. The van der Waals surface area contributed by atoms with E-state index in [2.05, 4.69) is 24.9 Å². The molecule has 6 heteroatoms. The highest BCUT2D eigenvalue weighted by Gasteiger charge is 2.25. The lowest BCUT2D eigenvalue weighted by atomic mass is 9.92. The fourth-order valence-corrected chi connectivity index (χ4v) is 4.26. The first-order valence-electron chi connectivity index (χ1n) is 8.24. The lowest BCUT2D eigenvalue weighted by molar-refractivity contribution is -0.130.